The first kappa shape index (κ1) is 13.9. The number of nitrogens with one attached hydrogen (secondary N) is 1. The van der Waals surface area contributed by atoms with Crippen LogP contribution in [-0.2, 0) is 0 Å². The van der Waals surface area contributed by atoms with Crippen molar-refractivity contribution >= 4 is 0 Å². The van der Waals surface area contributed by atoms with E-state index in [1.165, 1.54) is 51.7 Å². The number of hydrogen-bond donors (Lipinski definition) is 2. The van der Waals surface area contributed by atoms with Gasteiger partial charge in [0, 0.05) is 32.8 Å². The summed E-state index contributed by atoms with van der Waals surface area (Å²) in [5, 5.41) is 12.6. The van der Waals surface area contributed by atoms with Gasteiger partial charge in [-0.25, -0.2) is 0 Å². The van der Waals surface area contributed by atoms with Gasteiger partial charge < -0.3 is 15.3 Å². The highest BCUT2D eigenvalue weighted by Crippen LogP contribution is 2.14. The molecule has 0 aromatic carbocycles. The fourth-order valence-electron chi connectivity index (χ4n) is 2.44. The molecule has 0 radical (unpaired) electrons. The van der Waals surface area contributed by atoms with Crippen molar-refractivity contribution in [3.63, 3.8) is 0 Å². The molecule has 2 N–H and O–H groups in total. The molecule has 0 amide bonds. The Morgan fingerprint density at radius 2 is 1.94 bits per heavy atom. The van der Waals surface area contributed by atoms with E-state index in [0.29, 0.717) is 12.5 Å². The standard InChI is InChI=1S/C13H28N2O/c1-2-5-13(12-16)6-3-4-9-15-10-7-14-8-11-15/h13-14,16H,2-12H2,1H3/t13-/m1/s1. The molecule has 0 saturated carbocycles. The molecule has 3 nitrogen and oxygen atoms in total. The van der Waals surface area contributed by atoms with Gasteiger partial charge in [-0.1, -0.05) is 19.8 Å². The van der Waals surface area contributed by atoms with E-state index in [4.69, 9.17) is 0 Å². The van der Waals surface area contributed by atoms with E-state index in [0.717, 1.165) is 13.1 Å². The maximum Gasteiger partial charge on any atom is 0.0459 e. The lowest BCUT2D eigenvalue weighted by Gasteiger charge is -2.27. The van der Waals surface area contributed by atoms with Crippen LogP contribution in [0, 0.1) is 5.92 Å². The molecular formula is C13H28N2O. The minimum atomic E-state index is 0.376. The Labute approximate surface area is 100 Å². The van der Waals surface area contributed by atoms with Gasteiger partial charge in [0.25, 0.3) is 0 Å². The quantitative estimate of drug-likeness (QED) is 0.618. The largest absolute Gasteiger partial charge is 0.396 e. The summed E-state index contributed by atoms with van der Waals surface area (Å²) in [5.41, 5.74) is 0. The van der Waals surface area contributed by atoms with Gasteiger partial charge in [-0.15, -0.1) is 0 Å². The Bertz CT molecular complexity index is 151. The minimum absolute atomic E-state index is 0.376. The summed E-state index contributed by atoms with van der Waals surface area (Å²) in [7, 11) is 0. The van der Waals surface area contributed by atoms with Crippen LogP contribution in [0.2, 0.25) is 0 Å². The zero-order valence-electron chi connectivity index (χ0n) is 10.7. The molecule has 1 fully saturated rings. The van der Waals surface area contributed by atoms with Gasteiger partial charge in [0.15, 0.2) is 0 Å². The molecule has 0 aliphatic carbocycles. The number of nitrogens with zero attached hydrogens (tertiary/aromatic N) is 1. The van der Waals surface area contributed by atoms with Crippen molar-refractivity contribution in [3.05, 3.63) is 0 Å². The lowest BCUT2D eigenvalue weighted by atomic mass is 9.98. The van der Waals surface area contributed by atoms with E-state index < -0.39 is 0 Å². The average molecular weight is 228 g/mol. The van der Waals surface area contributed by atoms with Gasteiger partial charge in [-0.05, 0) is 31.7 Å². The van der Waals surface area contributed by atoms with Gasteiger partial charge in [0.2, 0.25) is 0 Å². The molecule has 0 bridgehead atoms. The van der Waals surface area contributed by atoms with Crippen LogP contribution >= 0.6 is 0 Å². The van der Waals surface area contributed by atoms with Crippen LogP contribution in [0.25, 0.3) is 0 Å². The van der Waals surface area contributed by atoms with Crippen LogP contribution in [0.5, 0.6) is 0 Å². The first-order valence-corrected chi connectivity index (χ1v) is 6.90. The van der Waals surface area contributed by atoms with Crippen molar-refractivity contribution in [2.24, 2.45) is 5.92 Å². The maximum atomic E-state index is 9.19. The number of rotatable bonds is 8. The smallest absolute Gasteiger partial charge is 0.0459 e. The molecule has 1 atom stereocenters. The van der Waals surface area contributed by atoms with Crippen molar-refractivity contribution < 1.29 is 5.11 Å². The molecule has 1 heterocycles. The van der Waals surface area contributed by atoms with Crippen LogP contribution in [0.3, 0.4) is 0 Å². The summed E-state index contributed by atoms with van der Waals surface area (Å²) in [4.78, 5) is 2.55. The second-order valence-corrected chi connectivity index (χ2v) is 4.92. The fraction of sp³-hybridized carbons (Fsp3) is 1.00. The van der Waals surface area contributed by atoms with Gasteiger partial charge in [-0.3, -0.25) is 0 Å². The van der Waals surface area contributed by atoms with Crippen molar-refractivity contribution in [3.8, 4) is 0 Å². The predicted molar refractivity (Wildman–Crippen MR) is 68.6 cm³/mol. The third-order valence-corrected chi connectivity index (χ3v) is 3.50. The van der Waals surface area contributed by atoms with Gasteiger partial charge >= 0.3 is 0 Å². The molecule has 1 aliphatic rings. The van der Waals surface area contributed by atoms with Crippen molar-refractivity contribution in [2.45, 2.75) is 39.0 Å². The predicted octanol–water partition coefficient (Wildman–Crippen LogP) is 1.47. The third-order valence-electron chi connectivity index (χ3n) is 3.50. The van der Waals surface area contributed by atoms with E-state index in [9.17, 15) is 5.11 Å². The molecule has 1 rings (SSSR count). The second kappa shape index (κ2) is 8.97. The lowest BCUT2D eigenvalue weighted by Crippen LogP contribution is -2.43. The number of piperazine rings is 1. The molecule has 0 aromatic heterocycles. The fourth-order valence-corrected chi connectivity index (χ4v) is 2.44. The summed E-state index contributed by atoms with van der Waals surface area (Å²) in [6.07, 6.45) is 6.15. The van der Waals surface area contributed by atoms with Gasteiger partial charge in [0.05, 0.1) is 0 Å². The van der Waals surface area contributed by atoms with Gasteiger partial charge in [0.1, 0.15) is 0 Å². The van der Waals surface area contributed by atoms with Crippen molar-refractivity contribution in [2.75, 3.05) is 39.3 Å². The van der Waals surface area contributed by atoms with E-state index >= 15 is 0 Å². The number of aliphatic hydroxyl groups is 1. The van der Waals surface area contributed by atoms with E-state index in [1.54, 1.807) is 0 Å². The highest BCUT2D eigenvalue weighted by atomic mass is 16.3. The Balaban J connectivity index is 1.97. The number of aliphatic hydroxyl groups excluding tert-OH is 1. The zero-order valence-corrected chi connectivity index (χ0v) is 10.7. The first-order chi connectivity index (χ1) is 7.86. The molecule has 0 spiro atoms. The number of unbranched alkanes of at least 4 members (excludes halogenated alkanes) is 1. The summed E-state index contributed by atoms with van der Waals surface area (Å²) < 4.78 is 0. The topological polar surface area (TPSA) is 35.5 Å². The monoisotopic (exact) mass is 228 g/mol. The molecule has 0 unspecified atom stereocenters. The Kier molecular flexibility index (Phi) is 7.81. The summed E-state index contributed by atoms with van der Waals surface area (Å²) in [5.74, 6) is 0.549. The third kappa shape index (κ3) is 5.83. The summed E-state index contributed by atoms with van der Waals surface area (Å²) >= 11 is 0. The minimum Gasteiger partial charge on any atom is -0.396 e. The normalized spacial score (nSPS) is 19.9. The molecule has 96 valence electrons. The maximum absolute atomic E-state index is 9.19. The second-order valence-electron chi connectivity index (χ2n) is 4.92. The summed E-state index contributed by atoms with van der Waals surface area (Å²) in [6, 6.07) is 0. The molecule has 16 heavy (non-hydrogen) atoms. The van der Waals surface area contributed by atoms with E-state index in [2.05, 4.69) is 17.1 Å². The highest BCUT2D eigenvalue weighted by Gasteiger charge is 2.09. The SMILES string of the molecule is CCC[C@@H](CO)CCCCN1CCNCC1. The Morgan fingerprint density at radius 1 is 1.19 bits per heavy atom. The highest BCUT2D eigenvalue weighted by molar-refractivity contribution is 4.67. The van der Waals surface area contributed by atoms with Crippen LogP contribution in [0.4, 0.5) is 0 Å². The lowest BCUT2D eigenvalue weighted by molar-refractivity contribution is 0.199. The van der Waals surface area contributed by atoms with E-state index in [-0.39, 0.29) is 0 Å². The van der Waals surface area contributed by atoms with Crippen molar-refractivity contribution in [1.82, 2.24) is 10.2 Å². The average Bonchev–Trinajstić information content (AvgIpc) is 2.34. The van der Waals surface area contributed by atoms with Crippen molar-refractivity contribution in [1.29, 1.82) is 0 Å². The molecule has 3 heteroatoms. The molecule has 1 saturated heterocycles. The zero-order chi connectivity index (χ0) is 11.6. The Hall–Kier alpha value is -0.120. The Morgan fingerprint density at radius 3 is 2.56 bits per heavy atom. The van der Waals surface area contributed by atoms with Crippen LogP contribution < -0.4 is 5.32 Å². The van der Waals surface area contributed by atoms with Crippen LogP contribution in [0.15, 0.2) is 0 Å². The summed E-state index contributed by atoms with van der Waals surface area (Å²) in [6.45, 7) is 8.53. The van der Waals surface area contributed by atoms with Gasteiger partial charge in [-0.2, -0.15) is 0 Å². The first-order valence-electron chi connectivity index (χ1n) is 6.90. The number of hydrogen-bond acceptors (Lipinski definition) is 3. The molecule has 0 aromatic rings. The van der Waals surface area contributed by atoms with Crippen LogP contribution in [0.1, 0.15) is 39.0 Å². The van der Waals surface area contributed by atoms with E-state index in [1.807, 2.05) is 0 Å². The molecule has 1 aliphatic heterocycles. The van der Waals surface area contributed by atoms with Crippen LogP contribution in [-0.4, -0.2) is 49.3 Å². The molecular weight excluding hydrogens is 200 g/mol.